The second-order valence-corrected chi connectivity index (χ2v) is 3.50. The first-order valence-electron chi connectivity index (χ1n) is 3.65. The minimum absolute atomic E-state index is 0. The van der Waals surface area contributed by atoms with Crippen molar-refractivity contribution in [2.24, 2.45) is 0 Å². The Hall–Kier alpha value is 2.57. The molecule has 0 saturated heterocycles. The minimum Gasteiger partial charge on any atom is -0.553 e. The molecular formula is C10H10FeLi2P2. The van der Waals surface area contributed by atoms with Gasteiger partial charge < -0.3 is 18.5 Å². The molecule has 0 unspecified atom stereocenters. The van der Waals surface area contributed by atoms with Crippen molar-refractivity contribution < 1.29 is 54.8 Å². The van der Waals surface area contributed by atoms with E-state index in [9.17, 15) is 0 Å². The molecule has 0 spiro atoms. The molecule has 2 rings (SSSR count). The molecule has 0 nitrogen and oxygen atoms in total. The summed E-state index contributed by atoms with van der Waals surface area (Å²) in [4.78, 5) is 0. The van der Waals surface area contributed by atoms with Crippen LogP contribution in [0.1, 0.15) is 0 Å². The van der Waals surface area contributed by atoms with Gasteiger partial charge in [-0.05, 0) is 25.7 Å². The van der Waals surface area contributed by atoms with Gasteiger partial charge in [0, 0.05) is 17.1 Å². The van der Waals surface area contributed by atoms with Crippen molar-refractivity contribution in [3.05, 3.63) is 62.7 Å². The quantitative estimate of drug-likeness (QED) is 0.322. The normalized spacial score (nSPS) is 20.4. The summed E-state index contributed by atoms with van der Waals surface area (Å²) in [5, 5.41) is 0. The zero-order chi connectivity index (χ0) is 8.81. The first-order chi connectivity index (χ1) is 5.79. The molecule has 0 bridgehead atoms. The third-order valence-electron chi connectivity index (χ3n) is 1.33. The average molecular weight is 262 g/mol. The van der Waals surface area contributed by atoms with Crippen LogP contribution in [0.5, 0.6) is 0 Å². The van der Waals surface area contributed by atoms with Gasteiger partial charge in [-0.15, -0.1) is 0 Å². The second kappa shape index (κ2) is 14.6. The zero-order valence-corrected chi connectivity index (χ0v) is 12.1. The Morgan fingerprint density at radius 3 is 0.867 bits per heavy atom. The van der Waals surface area contributed by atoms with Crippen LogP contribution in [-0.2, 0) is 17.1 Å². The Labute approximate surface area is 135 Å². The Morgan fingerprint density at radius 1 is 0.600 bits per heavy atom. The summed E-state index contributed by atoms with van der Waals surface area (Å²) in [6.07, 6.45) is 15.9. The summed E-state index contributed by atoms with van der Waals surface area (Å²) < 4.78 is 0. The Bertz CT molecular complexity index is 102. The molecule has 15 heavy (non-hydrogen) atoms. The maximum absolute atomic E-state index is 3.33. The molecule has 0 heterocycles. The first kappa shape index (κ1) is 22.7. The fourth-order valence-electron chi connectivity index (χ4n) is 0.748. The van der Waals surface area contributed by atoms with Crippen LogP contribution in [0.3, 0.4) is 0 Å². The van der Waals surface area contributed by atoms with E-state index in [-0.39, 0.29) is 54.8 Å². The minimum atomic E-state index is 0. The summed E-state index contributed by atoms with van der Waals surface area (Å²) in [7, 11) is 6.65. The number of hydrogen-bond donors (Lipinski definition) is 0. The molecule has 70 valence electrons. The molecule has 2 saturated carbocycles. The second-order valence-electron chi connectivity index (χ2n) is 2.35. The van der Waals surface area contributed by atoms with E-state index < -0.39 is 0 Å². The molecule has 2 fully saturated rings. The van der Waals surface area contributed by atoms with Crippen molar-refractivity contribution >= 4 is 18.5 Å². The van der Waals surface area contributed by atoms with E-state index in [2.05, 4.69) is 18.5 Å². The smallest absolute Gasteiger partial charge is 0.553 e. The van der Waals surface area contributed by atoms with Crippen LogP contribution < -0.4 is 37.7 Å². The van der Waals surface area contributed by atoms with Gasteiger partial charge in [-0.3, -0.25) is 0 Å². The number of hydrogen-bond acceptors (Lipinski definition) is 0. The van der Waals surface area contributed by atoms with Crippen LogP contribution in [0.2, 0.25) is 0 Å². The maximum Gasteiger partial charge on any atom is 1.00 e. The Morgan fingerprint density at radius 2 is 0.800 bits per heavy atom. The van der Waals surface area contributed by atoms with Crippen LogP contribution in [0, 0.1) is 62.7 Å². The molecule has 2 aliphatic rings. The molecule has 0 aliphatic heterocycles. The van der Waals surface area contributed by atoms with Gasteiger partial charge in [-0.25, -0.2) is 0 Å². The van der Waals surface area contributed by atoms with Crippen molar-refractivity contribution in [1.82, 2.24) is 0 Å². The molecule has 0 N–H and O–H groups in total. The molecule has 10 radical (unpaired) electrons. The summed E-state index contributed by atoms with van der Waals surface area (Å²) in [5.41, 5.74) is 2.30. The third-order valence-corrected chi connectivity index (χ3v) is 1.99. The maximum atomic E-state index is 3.33. The van der Waals surface area contributed by atoms with E-state index in [1.165, 1.54) is 0 Å². The molecule has 2 aliphatic carbocycles. The topological polar surface area (TPSA) is 0 Å². The van der Waals surface area contributed by atoms with Crippen LogP contribution in [-0.4, -0.2) is 0 Å². The predicted molar refractivity (Wildman–Crippen MR) is 57.5 cm³/mol. The van der Waals surface area contributed by atoms with Crippen LogP contribution >= 0.6 is 18.5 Å². The van der Waals surface area contributed by atoms with Gasteiger partial charge in [-0.1, -0.05) is 25.7 Å². The van der Waals surface area contributed by atoms with E-state index in [1.54, 1.807) is 0 Å². The third kappa shape index (κ3) is 12.8. The van der Waals surface area contributed by atoms with E-state index in [1.807, 2.05) is 51.4 Å². The Kier molecular flexibility index (Phi) is 22.2. The molecule has 0 atom stereocenters. The Balaban J connectivity index is -0.000000160. The van der Waals surface area contributed by atoms with Gasteiger partial charge in [0.1, 0.15) is 0 Å². The van der Waals surface area contributed by atoms with Crippen LogP contribution in [0.25, 0.3) is 0 Å². The summed E-state index contributed by atoms with van der Waals surface area (Å²) in [5.74, 6) is 0. The SMILES string of the molecule is [Fe].[Li+].[Li+].[PH-][C]1[CH][CH][CH][CH]1.[PH-][C]1[CH][CH][CH][CH]1. The van der Waals surface area contributed by atoms with E-state index in [0.29, 0.717) is 0 Å². The molecular weight excluding hydrogens is 252 g/mol. The molecule has 0 aromatic carbocycles. The summed E-state index contributed by atoms with van der Waals surface area (Å²) in [6, 6.07) is 0. The molecule has 5 heteroatoms. The molecule has 0 amide bonds. The first-order valence-corrected chi connectivity index (χ1v) is 4.65. The van der Waals surface area contributed by atoms with Crippen molar-refractivity contribution in [3.8, 4) is 0 Å². The van der Waals surface area contributed by atoms with Gasteiger partial charge in [0.05, 0.1) is 0 Å². The van der Waals surface area contributed by atoms with Crippen molar-refractivity contribution in [2.75, 3.05) is 0 Å². The van der Waals surface area contributed by atoms with Gasteiger partial charge >= 0.3 is 37.7 Å². The van der Waals surface area contributed by atoms with Crippen LogP contribution in [0.15, 0.2) is 0 Å². The molecule has 0 aromatic heterocycles. The summed E-state index contributed by atoms with van der Waals surface area (Å²) >= 11 is 0. The largest absolute Gasteiger partial charge is 1.00 e. The average Bonchev–Trinajstić information content (AvgIpc) is 2.63. The van der Waals surface area contributed by atoms with Crippen LogP contribution in [0.4, 0.5) is 0 Å². The van der Waals surface area contributed by atoms with E-state index >= 15 is 0 Å². The zero-order valence-electron chi connectivity index (χ0n) is 8.97. The van der Waals surface area contributed by atoms with Gasteiger partial charge in [0.2, 0.25) is 0 Å². The van der Waals surface area contributed by atoms with Crippen molar-refractivity contribution in [1.29, 1.82) is 0 Å². The van der Waals surface area contributed by atoms with E-state index in [0.717, 1.165) is 11.3 Å². The van der Waals surface area contributed by atoms with Crippen molar-refractivity contribution in [2.45, 2.75) is 0 Å². The van der Waals surface area contributed by atoms with E-state index in [4.69, 9.17) is 0 Å². The summed E-state index contributed by atoms with van der Waals surface area (Å²) in [6.45, 7) is 0. The van der Waals surface area contributed by atoms with Crippen molar-refractivity contribution in [3.63, 3.8) is 0 Å². The number of rotatable bonds is 0. The monoisotopic (exact) mass is 262 g/mol. The van der Waals surface area contributed by atoms with Gasteiger partial charge in [0.25, 0.3) is 0 Å². The van der Waals surface area contributed by atoms with Gasteiger partial charge in [-0.2, -0.15) is 11.3 Å². The fourth-order valence-corrected chi connectivity index (χ4v) is 1.13. The van der Waals surface area contributed by atoms with Gasteiger partial charge in [0.15, 0.2) is 0 Å². The standard InChI is InChI=1S/2C5H5P.Fe.2Li/c2*6-5-3-1-2-4-5;;;/h2*1-4,6H;;;/q2*-1;;2*+1. The predicted octanol–water partition coefficient (Wildman–Crippen LogP) is -3.01. The molecule has 0 aromatic rings. The fraction of sp³-hybridized carbons (Fsp3) is 0.